The van der Waals surface area contributed by atoms with Crippen molar-refractivity contribution in [2.45, 2.75) is 24.3 Å². The van der Waals surface area contributed by atoms with E-state index in [9.17, 15) is 13.2 Å². The molecule has 1 aliphatic heterocycles. The van der Waals surface area contributed by atoms with E-state index in [0.717, 1.165) is 22.1 Å². The summed E-state index contributed by atoms with van der Waals surface area (Å²) < 4.78 is 27.2. The van der Waals surface area contributed by atoms with E-state index in [2.05, 4.69) is 5.32 Å². The molecule has 2 aromatic rings. The fourth-order valence-corrected chi connectivity index (χ4v) is 6.86. The molecule has 1 N–H and O–H groups in total. The zero-order valence-corrected chi connectivity index (χ0v) is 21.3. The molecule has 0 saturated carbocycles. The van der Waals surface area contributed by atoms with Gasteiger partial charge in [0.15, 0.2) is 0 Å². The van der Waals surface area contributed by atoms with Crippen molar-refractivity contribution in [3.05, 3.63) is 68.7 Å². The number of piperidine rings is 1. The van der Waals surface area contributed by atoms with Gasteiger partial charge in [-0.1, -0.05) is 59.1 Å². The normalized spacial score (nSPS) is 17.3. The lowest BCUT2D eigenvalue weighted by Gasteiger charge is -2.31. The van der Waals surface area contributed by atoms with Crippen molar-refractivity contribution in [2.24, 2.45) is 5.92 Å². The van der Waals surface area contributed by atoms with Gasteiger partial charge in [0.25, 0.3) is 0 Å². The Hall–Kier alpha value is -0.960. The van der Waals surface area contributed by atoms with Gasteiger partial charge in [-0.15, -0.1) is 0 Å². The van der Waals surface area contributed by atoms with Gasteiger partial charge in [0, 0.05) is 46.2 Å². The Morgan fingerprint density at radius 1 is 1.09 bits per heavy atom. The monoisotopic (exact) mass is 534 g/mol. The van der Waals surface area contributed by atoms with Crippen LogP contribution in [0.25, 0.3) is 0 Å². The third-order valence-corrected chi connectivity index (χ3v) is 9.02. The van der Waals surface area contributed by atoms with E-state index in [0.29, 0.717) is 41.5 Å². The molecule has 0 spiro atoms. The zero-order valence-electron chi connectivity index (χ0n) is 17.4. The highest BCUT2D eigenvalue weighted by molar-refractivity contribution is 7.98. The van der Waals surface area contributed by atoms with Crippen LogP contribution in [-0.2, 0) is 26.3 Å². The number of rotatable bonds is 9. The number of nitrogens with zero attached hydrogens (tertiary/aromatic N) is 1. The first-order chi connectivity index (χ1) is 15.3. The highest BCUT2D eigenvalue weighted by atomic mass is 35.5. The van der Waals surface area contributed by atoms with Crippen LogP contribution in [0.1, 0.15) is 24.0 Å². The Balaban J connectivity index is 1.47. The van der Waals surface area contributed by atoms with Gasteiger partial charge in [-0.05, 0) is 42.2 Å². The standard InChI is InChI=1S/C22H25Cl3N2O3S2/c23-19-8-7-18(21(25)12-19)15-32(29,30)27-10-3-5-16(13-27)22(28)26-9-11-31-14-17-4-1-2-6-20(17)24/h1-2,4,6-8,12,16H,3,5,9-11,13-15H2,(H,26,28). The van der Waals surface area contributed by atoms with E-state index in [1.165, 1.54) is 10.4 Å². The average molecular weight is 536 g/mol. The van der Waals surface area contributed by atoms with Crippen molar-refractivity contribution in [2.75, 3.05) is 25.4 Å². The van der Waals surface area contributed by atoms with Crippen molar-refractivity contribution >= 4 is 62.5 Å². The van der Waals surface area contributed by atoms with Crippen LogP contribution in [-0.4, -0.2) is 44.0 Å². The summed E-state index contributed by atoms with van der Waals surface area (Å²) in [5, 5.41) is 4.46. The summed E-state index contributed by atoms with van der Waals surface area (Å²) in [5.41, 5.74) is 1.57. The molecule has 0 aliphatic carbocycles. The predicted molar refractivity (Wildman–Crippen MR) is 134 cm³/mol. The number of thioether (sulfide) groups is 1. The number of carbonyl (C=O) groups excluding carboxylic acids is 1. The molecule has 1 unspecified atom stereocenters. The fourth-order valence-electron chi connectivity index (χ4n) is 3.52. The number of sulfonamides is 1. The minimum absolute atomic E-state index is 0.104. The summed E-state index contributed by atoms with van der Waals surface area (Å²) in [7, 11) is -3.59. The van der Waals surface area contributed by atoms with Crippen LogP contribution in [0.5, 0.6) is 0 Å². The maximum Gasteiger partial charge on any atom is 0.224 e. The SMILES string of the molecule is O=C(NCCSCc1ccccc1Cl)C1CCCN(S(=O)(=O)Cc2ccc(Cl)cc2Cl)C1. The van der Waals surface area contributed by atoms with Crippen molar-refractivity contribution in [3.63, 3.8) is 0 Å². The number of hydrogen-bond donors (Lipinski definition) is 1. The molecule has 0 aromatic heterocycles. The Labute approximate surface area is 208 Å². The molecule has 10 heteroatoms. The second-order valence-corrected chi connectivity index (χ2v) is 11.9. The van der Waals surface area contributed by atoms with Gasteiger partial charge in [-0.25, -0.2) is 12.7 Å². The van der Waals surface area contributed by atoms with Crippen LogP contribution >= 0.6 is 46.6 Å². The van der Waals surface area contributed by atoms with Gasteiger partial charge >= 0.3 is 0 Å². The molecule has 0 bridgehead atoms. The maximum absolute atomic E-state index is 12.9. The van der Waals surface area contributed by atoms with Crippen LogP contribution < -0.4 is 5.32 Å². The summed E-state index contributed by atoms with van der Waals surface area (Å²) in [6, 6.07) is 12.5. The topological polar surface area (TPSA) is 66.5 Å². The van der Waals surface area contributed by atoms with E-state index >= 15 is 0 Å². The first kappa shape index (κ1) is 25.7. The van der Waals surface area contributed by atoms with E-state index in [4.69, 9.17) is 34.8 Å². The van der Waals surface area contributed by atoms with Crippen LogP contribution in [0.4, 0.5) is 0 Å². The number of halogens is 3. The fraction of sp³-hybridized carbons (Fsp3) is 0.409. The van der Waals surface area contributed by atoms with Crippen LogP contribution in [0.15, 0.2) is 42.5 Å². The number of amides is 1. The molecule has 1 saturated heterocycles. The quantitative estimate of drug-likeness (QED) is 0.446. The molecule has 1 aliphatic rings. The molecule has 1 fully saturated rings. The van der Waals surface area contributed by atoms with Crippen LogP contribution in [0.3, 0.4) is 0 Å². The first-order valence-corrected chi connectivity index (χ1v) is 14.2. The molecular weight excluding hydrogens is 511 g/mol. The van der Waals surface area contributed by atoms with Crippen LogP contribution in [0.2, 0.25) is 15.1 Å². The van der Waals surface area contributed by atoms with Crippen molar-refractivity contribution in [1.82, 2.24) is 9.62 Å². The largest absolute Gasteiger partial charge is 0.355 e. The molecule has 2 aromatic carbocycles. The molecule has 1 heterocycles. The lowest BCUT2D eigenvalue weighted by molar-refractivity contribution is -0.125. The molecule has 0 radical (unpaired) electrons. The summed E-state index contributed by atoms with van der Waals surface area (Å²) in [6.45, 7) is 1.12. The average Bonchev–Trinajstić information content (AvgIpc) is 2.76. The summed E-state index contributed by atoms with van der Waals surface area (Å²) >= 11 is 19.9. The van der Waals surface area contributed by atoms with Gasteiger partial charge in [0.2, 0.25) is 15.9 Å². The van der Waals surface area contributed by atoms with Gasteiger partial charge in [-0.3, -0.25) is 4.79 Å². The molecular formula is C22H25Cl3N2O3S2. The Morgan fingerprint density at radius 3 is 2.62 bits per heavy atom. The first-order valence-electron chi connectivity index (χ1n) is 10.3. The van der Waals surface area contributed by atoms with Crippen molar-refractivity contribution < 1.29 is 13.2 Å². The Morgan fingerprint density at radius 2 is 1.88 bits per heavy atom. The lowest BCUT2D eigenvalue weighted by Crippen LogP contribution is -2.46. The second-order valence-electron chi connectivity index (χ2n) is 7.62. The number of nitrogens with one attached hydrogen (secondary N) is 1. The van der Waals surface area contributed by atoms with Gasteiger partial charge in [0.05, 0.1) is 11.7 Å². The number of hydrogen-bond acceptors (Lipinski definition) is 4. The molecule has 174 valence electrons. The smallest absolute Gasteiger partial charge is 0.224 e. The van der Waals surface area contributed by atoms with E-state index < -0.39 is 10.0 Å². The number of carbonyl (C=O) groups is 1. The molecule has 1 amide bonds. The van der Waals surface area contributed by atoms with Gasteiger partial charge < -0.3 is 5.32 Å². The summed E-state index contributed by atoms with van der Waals surface area (Å²) in [4.78, 5) is 12.6. The predicted octanol–water partition coefficient (Wildman–Crippen LogP) is 5.24. The maximum atomic E-state index is 12.9. The van der Waals surface area contributed by atoms with E-state index in [-0.39, 0.29) is 24.1 Å². The van der Waals surface area contributed by atoms with Crippen molar-refractivity contribution in [1.29, 1.82) is 0 Å². The van der Waals surface area contributed by atoms with Crippen LogP contribution in [0, 0.1) is 5.92 Å². The third kappa shape index (κ3) is 7.27. The highest BCUT2D eigenvalue weighted by Crippen LogP contribution is 2.26. The van der Waals surface area contributed by atoms with Gasteiger partial charge in [0.1, 0.15) is 0 Å². The Bertz CT molecular complexity index is 1050. The number of benzene rings is 2. The zero-order chi connectivity index (χ0) is 23.1. The molecule has 3 rings (SSSR count). The lowest BCUT2D eigenvalue weighted by atomic mass is 9.99. The summed E-state index contributed by atoms with van der Waals surface area (Å²) in [5.74, 6) is 0.857. The molecule has 5 nitrogen and oxygen atoms in total. The van der Waals surface area contributed by atoms with E-state index in [1.54, 1.807) is 23.9 Å². The van der Waals surface area contributed by atoms with E-state index in [1.807, 2.05) is 24.3 Å². The molecule has 1 atom stereocenters. The molecule has 32 heavy (non-hydrogen) atoms. The minimum Gasteiger partial charge on any atom is -0.355 e. The third-order valence-electron chi connectivity index (χ3n) is 5.26. The van der Waals surface area contributed by atoms with Crippen molar-refractivity contribution in [3.8, 4) is 0 Å². The Kier molecular flexibility index (Phi) is 9.58. The highest BCUT2D eigenvalue weighted by Gasteiger charge is 2.32. The van der Waals surface area contributed by atoms with Gasteiger partial charge in [-0.2, -0.15) is 11.8 Å². The second kappa shape index (κ2) is 12.0. The summed E-state index contributed by atoms with van der Waals surface area (Å²) in [6.07, 6.45) is 1.32. The minimum atomic E-state index is -3.59.